The predicted octanol–water partition coefficient (Wildman–Crippen LogP) is 2.89. The van der Waals surface area contributed by atoms with Crippen LogP contribution < -0.4 is 10.8 Å². The van der Waals surface area contributed by atoms with Crippen LogP contribution in [0.3, 0.4) is 0 Å². The van der Waals surface area contributed by atoms with E-state index in [1.807, 2.05) is 18.2 Å². The highest BCUT2D eigenvalue weighted by Gasteiger charge is 2.36. The number of hydrogen-bond donors (Lipinski definition) is 4. The standard InChI is InChI=1S/C23H29N3O4/c1-23(2,29)20(21(27)25-30)24-22(28)26-14-12-19(13-15-26)18-10-8-17(9-11-18)16-6-4-3-5-7-16/h3-11,19-20,29-30H,12-15H2,1-2H3,(H,24,28)(H,25,27)/t20-/m1/s1. The van der Waals surface area contributed by atoms with Gasteiger partial charge in [0.2, 0.25) is 0 Å². The van der Waals surface area contributed by atoms with Crippen LogP contribution in [-0.4, -0.2) is 51.9 Å². The van der Waals surface area contributed by atoms with Crippen LogP contribution in [-0.2, 0) is 4.79 Å². The Morgan fingerprint density at radius 1 is 1.00 bits per heavy atom. The number of carbonyl (C=O) groups is 2. The van der Waals surface area contributed by atoms with Crippen molar-refractivity contribution in [2.24, 2.45) is 0 Å². The largest absolute Gasteiger partial charge is 0.388 e. The fraction of sp³-hybridized carbons (Fsp3) is 0.391. The van der Waals surface area contributed by atoms with Crippen LogP contribution >= 0.6 is 0 Å². The zero-order valence-electron chi connectivity index (χ0n) is 17.3. The van der Waals surface area contributed by atoms with Gasteiger partial charge >= 0.3 is 6.03 Å². The van der Waals surface area contributed by atoms with E-state index in [9.17, 15) is 14.7 Å². The van der Waals surface area contributed by atoms with E-state index in [0.29, 0.717) is 19.0 Å². The van der Waals surface area contributed by atoms with E-state index < -0.39 is 23.6 Å². The van der Waals surface area contributed by atoms with Gasteiger partial charge in [0.25, 0.3) is 5.91 Å². The summed E-state index contributed by atoms with van der Waals surface area (Å²) < 4.78 is 0. The van der Waals surface area contributed by atoms with Crippen LogP contribution in [0.25, 0.3) is 11.1 Å². The summed E-state index contributed by atoms with van der Waals surface area (Å²) in [5, 5.41) is 21.5. The highest BCUT2D eigenvalue weighted by molar-refractivity contribution is 5.87. The number of nitrogens with one attached hydrogen (secondary N) is 2. The van der Waals surface area contributed by atoms with E-state index in [0.717, 1.165) is 12.8 Å². The summed E-state index contributed by atoms with van der Waals surface area (Å²) in [7, 11) is 0. The second kappa shape index (κ2) is 9.28. The number of carbonyl (C=O) groups excluding carboxylic acids is 2. The quantitative estimate of drug-likeness (QED) is 0.449. The van der Waals surface area contributed by atoms with Gasteiger partial charge < -0.3 is 15.3 Å². The van der Waals surface area contributed by atoms with E-state index in [4.69, 9.17) is 5.21 Å². The maximum absolute atomic E-state index is 12.6. The molecule has 0 aliphatic carbocycles. The van der Waals surface area contributed by atoms with Gasteiger partial charge in [0, 0.05) is 13.1 Å². The molecule has 0 radical (unpaired) electrons. The summed E-state index contributed by atoms with van der Waals surface area (Å²) in [6, 6.07) is 17.1. The van der Waals surface area contributed by atoms with Crippen LogP contribution in [0.5, 0.6) is 0 Å². The molecule has 3 amide bonds. The molecule has 1 fully saturated rings. The van der Waals surface area contributed by atoms with Crippen molar-refractivity contribution in [3.05, 3.63) is 60.2 Å². The summed E-state index contributed by atoms with van der Waals surface area (Å²) in [6.45, 7) is 3.91. The fourth-order valence-corrected chi connectivity index (χ4v) is 3.84. The van der Waals surface area contributed by atoms with Gasteiger partial charge in [-0.25, -0.2) is 10.3 Å². The molecule has 2 aromatic rings. The second-order valence-corrected chi connectivity index (χ2v) is 8.26. The number of piperidine rings is 1. The first-order chi connectivity index (χ1) is 14.3. The Morgan fingerprint density at radius 2 is 1.57 bits per heavy atom. The molecular weight excluding hydrogens is 382 g/mol. The van der Waals surface area contributed by atoms with E-state index in [-0.39, 0.29) is 0 Å². The average molecular weight is 412 g/mol. The van der Waals surface area contributed by atoms with Gasteiger partial charge in [0.1, 0.15) is 6.04 Å². The van der Waals surface area contributed by atoms with Crippen molar-refractivity contribution in [2.75, 3.05) is 13.1 Å². The molecule has 0 saturated carbocycles. The Labute approximate surface area is 176 Å². The van der Waals surface area contributed by atoms with E-state index >= 15 is 0 Å². The maximum Gasteiger partial charge on any atom is 0.318 e. The molecule has 7 heteroatoms. The van der Waals surface area contributed by atoms with Gasteiger partial charge in [0.15, 0.2) is 0 Å². The molecule has 0 aromatic heterocycles. The minimum Gasteiger partial charge on any atom is -0.388 e. The van der Waals surface area contributed by atoms with Crippen LogP contribution in [0.2, 0.25) is 0 Å². The number of amides is 3. The van der Waals surface area contributed by atoms with Crippen molar-refractivity contribution in [1.29, 1.82) is 0 Å². The first-order valence-electron chi connectivity index (χ1n) is 10.2. The minimum atomic E-state index is -1.51. The molecule has 1 saturated heterocycles. The predicted molar refractivity (Wildman–Crippen MR) is 114 cm³/mol. The van der Waals surface area contributed by atoms with Gasteiger partial charge in [-0.15, -0.1) is 0 Å². The lowest BCUT2D eigenvalue weighted by Gasteiger charge is -2.35. The molecule has 4 N–H and O–H groups in total. The number of nitrogens with zero attached hydrogens (tertiary/aromatic N) is 1. The Balaban J connectivity index is 1.58. The Bertz CT molecular complexity index is 854. The SMILES string of the molecule is CC(C)(O)[C@H](NC(=O)N1CCC(c2ccc(-c3ccccc3)cc2)CC1)C(=O)NO. The zero-order chi connectivity index (χ0) is 21.7. The Morgan fingerprint density at radius 3 is 2.10 bits per heavy atom. The van der Waals surface area contributed by atoms with Crippen LogP contribution in [0.1, 0.15) is 38.2 Å². The molecule has 1 aliphatic rings. The highest BCUT2D eigenvalue weighted by atomic mass is 16.5. The third-order valence-corrected chi connectivity index (χ3v) is 5.62. The van der Waals surface area contributed by atoms with Gasteiger partial charge in [-0.3, -0.25) is 10.0 Å². The number of rotatable bonds is 5. The third-order valence-electron chi connectivity index (χ3n) is 5.62. The molecule has 160 valence electrons. The van der Waals surface area contributed by atoms with Crippen molar-refractivity contribution >= 4 is 11.9 Å². The molecule has 7 nitrogen and oxygen atoms in total. The van der Waals surface area contributed by atoms with Crippen molar-refractivity contribution in [2.45, 2.75) is 44.2 Å². The van der Waals surface area contributed by atoms with Crippen molar-refractivity contribution in [3.63, 3.8) is 0 Å². The lowest BCUT2D eigenvalue weighted by molar-refractivity contribution is -0.136. The number of hydroxylamine groups is 1. The van der Waals surface area contributed by atoms with Crippen molar-refractivity contribution in [3.8, 4) is 11.1 Å². The lowest BCUT2D eigenvalue weighted by Crippen LogP contribution is -2.60. The Kier molecular flexibility index (Phi) is 6.74. The number of urea groups is 1. The lowest BCUT2D eigenvalue weighted by atomic mass is 9.88. The van der Waals surface area contributed by atoms with Gasteiger partial charge in [-0.05, 0) is 49.3 Å². The van der Waals surface area contributed by atoms with Crippen molar-refractivity contribution in [1.82, 2.24) is 15.7 Å². The summed E-state index contributed by atoms with van der Waals surface area (Å²) >= 11 is 0. The molecule has 30 heavy (non-hydrogen) atoms. The Hall–Kier alpha value is -2.90. The summed E-state index contributed by atoms with van der Waals surface area (Å²) in [4.78, 5) is 26.0. The first kappa shape index (κ1) is 21.8. The molecule has 0 bridgehead atoms. The first-order valence-corrected chi connectivity index (χ1v) is 10.2. The number of hydrogen-bond acceptors (Lipinski definition) is 4. The van der Waals surface area contributed by atoms with Gasteiger partial charge in [0.05, 0.1) is 5.60 Å². The molecule has 1 atom stereocenters. The second-order valence-electron chi connectivity index (χ2n) is 8.26. The summed E-state index contributed by atoms with van der Waals surface area (Å²) in [5.41, 5.74) is 3.59. The average Bonchev–Trinajstić information content (AvgIpc) is 2.77. The number of aliphatic hydroxyl groups is 1. The van der Waals surface area contributed by atoms with E-state index in [1.165, 1.54) is 36.0 Å². The zero-order valence-corrected chi connectivity index (χ0v) is 17.3. The molecular formula is C23H29N3O4. The molecule has 1 heterocycles. The maximum atomic E-state index is 12.6. The van der Waals surface area contributed by atoms with Crippen molar-refractivity contribution < 1.29 is 19.9 Å². The van der Waals surface area contributed by atoms with Crippen LogP contribution in [0.15, 0.2) is 54.6 Å². The van der Waals surface area contributed by atoms with E-state index in [2.05, 4.69) is 41.7 Å². The smallest absolute Gasteiger partial charge is 0.318 e. The normalized spacial score (nSPS) is 16.1. The summed E-state index contributed by atoms with van der Waals surface area (Å²) in [5.74, 6) is -0.492. The van der Waals surface area contributed by atoms with Crippen LogP contribution in [0.4, 0.5) is 4.79 Å². The van der Waals surface area contributed by atoms with Gasteiger partial charge in [-0.1, -0.05) is 54.6 Å². The molecule has 0 spiro atoms. The van der Waals surface area contributed by atoms with Gasteiger partial charge in [-0.2, -0.15) is 0 Å². The molecule has 1 aliphatic heterocycles. The topological polar surface area (TPSA) is 102 Å². The summed E-state index contributed by atoms with van der Waals surface area (Å²) in [6.07, 6.45) is 1.63. The monoisotopic (exact) mass is 411 g/mol. The highest BCUT2D eigenvalue weighted by Crippen LogP contribution is 2.30. The fourth-order valence-electron chi connectivity index (χ4n) is 3.84. The van der Waals surface area contributed by atoms with Crippen LogP contribution in [0, 0.1) is 0 Å². The molecule has 0 unspecified atom stereocenters. The molecule has 3 rings (SSSR count). The molecule has 2 aromatic carbocycles. The van der Waals surface area contributed by atoms with E-state index in [1.54, 1.807) is 4.90 Å². The third kappa shape index (κ3) is 5.17. The number of benzene rings is 2. The number of likely N-dealkylation sites (tertiary alicyclic amines) is 1. The minimum absolute atomic E-state index is 0.365.